The van der Waals surface area contributed by atoms with E-state index in [1.165, 1.54) is 0 Å². The van der Waals surface area contributed by atoms with Crippen LogP contribution in [0.5, 0.6) is 0 Å². The Morgan fingerprint density at radius 1 is 1.39 bits per heavy atom. The molecule has 0 amide bonds. The van der Waals surface area contributed by atoms with Crippen LogP contribution in [0.4, 0.5) is 0 Å². The molecule has 0 spiro atoms. The summed E-state index contributed by atoms with van der Waals surface area (Å²) in [7, 11) is 0. The molecule has 2 rings (SSSR count). The Kier molecular flexibility index (Phi) is 3.43. The van der Waals surface area contributed by atoms with Gasteiger partial charge in [-0.15, -0.1) is 0 Å². The van der Waals surface area contributed by atoms with Crippen LogP contribution in [-0.4, -0.2) is 17.3 Å². The minimum atomic E-state index is -0.484. The van der Waals surface area contributed by atoms with Crippen molar-refractivity contribution < 1.29 is 4.79 Å². The Hall–Kier alpha value is -1.74. The molecule has 0 saturated carbocycles. The average Bonchev–Trinajstić information content (AvgIpc) is 2.45. The number of aromatic nitrogens is 1. The monoisotopic (exact) mass is 242 g/mol. The molecular weight excluding hydrogens is 224 g/mol. The lowest BCUT2D eigenvalue weighted by atomic mass is 9.80. The second kappa shape index (κ2) is 4.86. The van der Waals surface area contributed by atoms with Gasteiger partial charge in [0, 0.05) is 29.1 Å². The molecule has 0 aliphatic heterocycles. The van der Waals surface area contributed by atoms with Gasteiger partial charge in [-0.2, -0.15) is 0 Å². The molecule has 0 saturated heterocycles. The molecule has 2 aromatic rings. The summed E-state index contributed by atoms with van der Waals surface area (Å²) >= 11 is 0. The molecule has 0 aliphatic rings. The summed E-state index contributed by atoms with van der Waals surface area (Å²) < 4.78 is 0. The maximum atomic E-state index is 12.5. The second-order valence-corrected chi connectivity index (χ2v) is 4.86. The van der Waals surface area contributed by atoms with Crippen molar-refractivity contribution in [1.82, 2.24) is 4.98 Å². The molecule has 1 heterocycles. The minimum absolute atomic E-state index is 0.0973. The van der Waals surface area contributed by atoms with Crippen molar-refractivity contribution in [2.45, 2.75) is 20.3 Å². The predicted octanol–water partition coefficient (Wildman–Crippen LogP) is 2.79. The number of rotatable bonds is 4. The molecule has 3 nitrogen and oxygen atoms in total. The van der Waals surface area contributed by atoms with Crippen LogP contribution < -0.4 is 5.73 Å². The molecule has 0 bridgehead atoms. The van der Waals surface area contributed by atoms with Gasteiger partial charge in [-0.1, -0.05) is 32.0 Å². The smallest absolute Gasteiger partial charge is 0.170 e. The van der Waals surface area contributed by atoms with Crippen molar-refractivity contribution in [1.29, 1.82) is 0 Å². The van der Waals surface area contributed by atoms with Crippen molar-refractivity contribution >= 4 is 16.7 Å². The van der Waals surface area contributed by atoms with Gasteiger partial charge in [0.1, 0.15) is 0 Å². The van der Waals surface area contributed by atoms with Crippen LogP contribution in [0.2, 0.25) is 0 Å². The van der Waals surface area contributed by atoms with E-state index < -0.39 is 5.41 Å². The third-order valence-electron chi connectivity index (χ3n) is 3.65. The lowest BCUT2D eigenvalue weighted by molar-refractivity contribution is 0.0820. The van der Waals surface area contributed by atoms with E-state index in [1.54, 1.807) is 6.20 Å². The molecule has 0 radical (unpaired) electrons. The molecular formula is C15H18N2O. The van der Waals surface area contributed by atoms with Crippen LogP contribution in [0.1, 0.15) is 30.6 Å². The molecule has 1 unspecified atom stereocenters. The number of ketones is 1. The SMILES string of the molecule is CCC(C)(CN)C(=O)c1ccc2cccnc2c1. The van der Waals surface area contributed by atoms with Crippen LogP contribution in [0.25, 0.3) is 10.9 Å². The number of benzene rings is 1. The molecule has 1 atom stereocenters. The van der Waals surface area contributed by atoms with E-state index in [-0.39, 0.29) is 5.78 Å². The van der Waals surface area contributed by atoms with E-state index in [1.807, 2.05) is 44.2 Å². The zero-order chi connectivity index (χ0) is 13.2. The van der Waals surface area contributed by atoms with E-state index >= 15 is 0 Å². The number of pyridine rings is 1. The minimum Gasteiger partial charge on any atom is -0.329 e. The van der Waals surface area contributed by atoms with Gasteiger partial charge in [-0.3, -0.25) is 9.78 Å². The highest BCUT2D eigenvalue weighted by atomic mass is 16.1. The summed E-state index contributed by atoms with van der Waals surface area (Å²) in [6, 6.07) is 9.51. The summed E-state index contributed by atoms with van der Waals surface area (Å²) in [6.07, 6.45) is 2.47. The van der Waals surface area contributed by atoms with E-state index in [0.717, 1.165) is 17.3 Å². The first-order valence-electron chi connectivity index (χ1n) is 6.20. The fourth-order valence-electron chi connectivity index (χ4n) is 1.95. The summed E-state index contributed by atoms with van der Waals surface area (Å²) in [6.45, 7) is 4.27. The first-order chi connectivity index (χ1) is 8.60. The molecule has 3 heteroatoms. The summed E-state index contributed by atoms with van der Waals surface area (Å²) in [5.74, 6) is 0.0973. The highest BCUT2D eigenvalue weighted by molar-refractivity contribution is 6.02. The van der Waals surface area contributed by atoms with Gasteiger partial charge < -0.3 is 5.73 Å². The third kappa shape index (κ3) is 2.14. The van der Waals surface area contributed by atoms with Gasteiger partial charge in [-0.25, -0.2) is 0 Å². The van der Waals surface area contributed by atoms with Gasteiger partial charge in [-0.05, 0) is 18.6 Å². The third-order valence-corrected chi connectivity index (χ3v) is 3.65. The maximum Gasteiger partial charge on any atom is 0.170 e. The van der Waals surface area contributed by atoms with Crippen LogP contribution in [0.15, 0.2) is 36.5 Å². The Labute approximate surface area is 107 Å². The highest BCUT2D eigenvalue weighted by Crippen LogP contribution is 2.26. The average molecular weight is 242 g/mol. The van der Waals surface area contributed by atoms with Crippen LogP contribution in [-0.2, 0) is 0 Å². The number of fused-ring (bicyclic) bond motifs is 1. The van der Waals surface area contributed by atoms with Crippen LogP contribution >= 0.6 is 0 Å². The zero-order valence-electron chi connectivity index (χ0n) is 10.8. The van der Waals surface area contributed by atoms with Crippen molar-refractivity contribution in [3.05, 3.63) is 42.1 Å². The molecule has 94 valence electrons. The summed E-state index contributed by atoms with van der Waals surface area (Å²) in [4.78, 5) is 16.7. The maximum absolute atomic E-state index is 12.5. The van der Waals surface area contributed by atoms with Crippen molar-refractivity contribution in [3.63, 3.8) is 0 Å². The topological polar surface area (TPSA) is 56.0 Å². The van der Waals surface area contributed by atoms with E-state index in [0.29, 0.717) is 12.1 Å². The standard InChI is InChI=1S/C15H18N2O/c1-3-15(2,10-16)14(18)12-7-6-11-5-4-8-17-13(11)9-12/h4-9H,3,10,16H2,1-2H3. The predicted molar refractivity (Wildman–Crippen MR) is 73.5 cm³/mol. The van der Waals surface area contributed by atoms with Gasteiger partial charge in [0.2, 0.25) is 0 Å². The number of carbonyl (C=O) groups is 1. The Morgan fingerprint density at radius 3 is 2.83 bits per heavy atom. The number of hydrogen-bond acceptors (Lipinski definition) is 3. The number of carbonyl (C=O) groups excluding carboxylic acids is 1. The molecule has 0 aliphatic carbocycles. The molecule has 0 fully saturated rings. The Balaban J connectivity index is 2.45. The largest absolute Gasteiger partial charge is 0.329 e. The lowest BCUT2D eigenvalue weighted by Crippen LogP contribution is -2.35. The first kappa shape index (κ1) is 12.7. The van der Waals surface area contributed by atoms with Crippen LogP contribution in [0, 0.1) is 5.41 Å². The Morgan fingerprint density at radius 2 is 2.17 bits per heavy atom. The fourth-order valence-corrected chi connectivity index (χ4v) is 1.95. The van der Waals surface area contributed by atoms with Crippen molar-refractivity contribution in [3.8, 4) is 0 Å². The number of nitrogens with zero attached hydrogens (tertiary/aromatic N) is 1. The molecule has 2 N–H and O–H groups in total. The summed E-state index contributed by atoms with van der Waals surface area (Å²) in [5, 5.41) is 1.04. The van der Waals surface area contributed by atoms with Gasteiger partial charge in [0.25, 0.3) is 0 Å². The second-order valence-electron chi connectivity index (χ2n) is 4.86. The molecule has 1 aromatic carbocycles. The zero-order valence-corrected chi connectivity index (χ0v) is 10.8. The van der Waals surface area contributed by atoms with E-state index in [9.17, 15) is 4.79 Å². The first-order valence-corrected chi connectivity index (χ1v) is 6.20. The van der Waals surface area contributed by atoms with Gasteiger partial charge >= 0.3 is 0 Å². The van der Waals surface area contributed by atoms with Gasteiger partial charge in [0.15, 0.2) is 5.78 Å². The lowest BCUT2D eigenvalue weighted by Gasteiger charge is -2.24. The van der Waals surface area contributed by atoms with Crippen molar-refractivity contribution in [2.24, 2.45) is 11.1 Å². The van der Waals surface area contributed by atoms with E-state index in [2.05, 4.69) is 4.98 Å². The van der Waals surface area contributed by atoms with Crippen molar-refractivity contribution in [2.75, 3.05) is 6.54 Å². The fraction of sp³-hybridized carbons (Fsp3) is 0.333. The van der Waals surface area contributed by atoms with Gasteiger partial charge in [0.05, 0.1) is 5.52 Å². The highest BCUT2D eigenvalue weighted by Gasteiger charge is 2.30. The number of nitrogens with two attached hydrogens (primary N) is 1. The van der Waals surface area contributed by atoms with Crippen LogP contribution in [0.3, 0.4) is 0 Å². The molecule has 1 aromatic heterocycles. The quantitative estimate of drug-likeness (QED) is 0.839. The molecule has 18 heavy (non-hydrogen) atoms. The number of hydrogen-bond donors (Lipinski definition) is 1. The summed E-state index contributed by atoms with van der Waals surface area (Å²) in [5.41, 5.74) is 6.79. The number of Topliss-reactive ketones (excluding diaryl/α,β-unsaturated/α-hetero) is 1. The Bertz CT molecular complexity index is 573. The normalized spacial score (nSPS) is 14.4. The van der Waals surface area contributed by atoms with E-state index in [4.69, 9.17) is 5.73 Å².